The molecule has 0 aromatic heterocycles. The first-order valence-electron chi connectivity index (χ1n) is 6.29. The van der Waals surface area contributed by atoms with Crippen molar-refractivity contribution in [2.45, 2.75) is 25.8 Å². The van der Waals surface area contributed by atoms with E-state index in [0.717, 1.165) is 18.5 Å². The molecular weight excluding hydrogens is 246 g/mol. The molecule has 5 nitrogen and oxygen atoms in total. The number of ether oxygens (including phenoxy) is 2. The van der Waals surface area contributed by atoms with E-state index in [4.69, 9.17) is 14.6 Å². The average molecular weight is 267 g/mol. The van der Waals surface area contributed by atoms with Crippen molar-refractivity contribution in [1.82, 2.24) is 5.32 Å². The number of carboxylic acid groups (broad SMARTS) is 1. The van der Waals surface area contributed by atoms with Gasteiger partial charge in [-0.3, -0.25) is 4.79 Å². The van der Waals surface area contributed by atoms with Crippen molar-refractivity contribution in [2.75, 3.05) is 20.8 Å². The highest BCUT2D eigenvalue weighted by Gasteiger charge is 2.16. The Bertz CT molecular complexity index is 420. The minimum absolute atomic E-state index is 0.0372. The first kappa shape index (κ1) is 15.3. The van der Waals surface area contributed by atoms with Gasteiger partial charge in [-0.25, -0.2) is 0 Å². The fourth-order valence-corrected chi connectivity index (χ4v) is 1.87. The second-order valence-electron chi connectivity index (χ2n) is 4.22. The standard InChI is InChI=1S/C14H21NO4/c1-4-7-15-11(9-14(16)17)10-5-6-12(18-2)13(8-10)19-3/h5-6,8,11,15H,4,7,9H2,1-3H3,(H,16,17). The van der Waals surface area contributed by atoms with E-state index in [1.807, 2.05) is 19.1 Å². The van der Waals surface area contributed by atoms with Crippen LogP contribution in [0.4, 0.5) is 0 Å². The Morgan fingerprint density at radius 3 is 2.53 bits per heavy atom. The van der Waals surface area contributed by atoms with Crippen LogP contribution in [0, 0.1) is 0 Å². The molecule has 0 spiro atoms. The molecule has 1 rings (SSSR count). The minimum atomic E-state index is -0.830. The second kappa shape index (κ2) is 7.63. The third-order valence-electron chi connectivity index (χ3n) is 2.83. The topological polar surface area (TPSA) is 67.8 Å². The lowest BCUT2D eigenvalue weighted by molar-refractivity contribution is -0.137. The van der Waals surface area contributed by atoms with Crippen molar-refractivity contribution >= 4 is 5.97 Å². The first-order chi connectivity index (χ1) is 9.12. The smallest absolute Gasteiger partial charge is 0.305 e. The van der Waals surface area contributed by atoms with Crippen LogP contribution >= 0.6 is 0 Å². The lowest BCUT2D eigenvalue weighted by Gasteiger charge is -2.18. The highest BCUT2D eigenvalue weighted by Crippen LogP contribution is 2.30. The molecule has 0 radical (unpaired) electrons. The Balaban J connectivity index is 2.97. The van der Waals surface area contributed by atoms with Crippen molar-refractivity contribution in [2.24, 2.45) is 0 Å². The lowest BCUT2D eigenvalue weighted by Crippen LogP contribution is -2.24. The summed E-state index contributed by atoms with van der Waals surface area (Å²) in [7, 11) is 3.13. The molecule has 19 heavy (non-hydrogen) atoms. The van der Waals surface area contributed by atoms with Crippen LogP contribution in [-0.2, 0) is 4.79 Å². The summed E-state index contributed by atoms with van der Waals surface area (Å²) in [4.78, 5) is 10.9. The van der Waals surface area contributed by atoms with Crippen LogP contribution in [-0.4, -0.2) is 31.8 Å². The zero-order valence-electron chi connectivity index (χ0n) is 11.6. The van der Waals surface area contributed by atoms with Crippen molar-refractivity contribution in [3.8, 4) is 11.5 Å². The summed E-state index contributed by atoms with van der Waals surface area (Å²) < 4.78 is 10.4. The average Bonchev–Trinajstić information content (AvgIpc) is 2.42. The predicted molar refractivity (Wildman–Crippen MR) is 72.8 cm³/mol. The maximum Gasteiger partial charge on any atom is 0.305 e. The van der Waals surface area contributed by atoms with E-state index in [1.54, 1.807) is 20.3 Å². The molecule has 1 unspecified atom stereocenters. The minimum Gasteiger partial charge on any atom is -0.493 e. The van der Waals surface area contributed by atoms with E-state index >= 15 is 0 Å². The van der Waals surface area contributed by atoms with Crippen molar-refractivity contribution < 1.29 is 19.4 Å². The summed E-state index contributed by atoms with van der Waals surface area (Å²) in [6, 6.07) is 5.24. The molecule has 1 aromatic rings. The number of carboxylic acids is 1. The molecular formula is C14H21NO4. The molecule has 0 aliphatic rings. The van der Waals surface area contributed by atoms with Gasteiger partial charge in [-0.05, 0) is 30.7 Å². The summed E-state index contributed by atoms with van der Waals surface area (Å²) in [5.74, 6) is 0.410. The molecule has 1 aromatic carbocycles. The zero-order valence-corrected chi connectivity index (χ0v) is 11.6. The van der Waals surface area contributed by atoms with Crippen molar-refractivity contribution in [1.29, 1.82) is 0 Å². The molecule has 0 heterocycles. The van der Waals surface area contributed by atoms with Crippen molar-refractivity contribution in [3.05, 3.63) is 23.8 Å². The molecule has 1 atom stereocenters. The highest BCUT2D eigenvalue weighted by molar-refractivity contribution is 5.68. The summed E-state index contributed by atoms with van der Waals surface area (Å²) in [5, 5.41) is 12.2. The number of rotatable bonds is 8. The Kier molecular flexibility index (Phi) is 6.15. The van der Waals surface area contributed by atoms with Gasteiger partial charge >= 0.3 is 5.97 Å². The molecule has 0 aliphatic heterocycles. The molecule has 0 saturated carbocycles. The van der Waals surface area contributed by atoms with Gasteiger partial charge in [-0.2, -0.15) is 0 Å². The van der Waals surface area contributed by atoms with Gasteiger partial charge in [0.2, 0.25) is 0 Å². The van der Waals surface area contributed by atoms with E-state index in [2.05, 4.69) is 5.32 Å². The van der Waals surface area contributed by atoms with E-state index in [-0.39, 0.29) is 12.5 Å². The number of methoxy groups -OCH3 is 2. The van der Waals surface area contributed by atoms with E-state index < -0.39 is 5.97 Å². The number of carbonyl (C=O) groups is 1. The van der Waals surface area contributed by atoms with Gasteiger partial charge in [-0.1, -0.05) is 13.0 Å². The van der Waals surface area contributed by atoms with Gasteiger partial charge in [-0.15, -0.1) is 0 Å². The molecule has 0 aliphatic carbocycles. The predicted octanol–water partition coefficient (Wildman–Crippen LogP) is 2.22. The normalized spacial score (nSPS) is 11.9. The van der Waals surface area contributed by atoms with E-state index in [1.165, 1.54) is 0 Å². The Morgan fingerprint density at radius 2 is 2.00 bits per heavy atom. The maximum atomic E-state index is 10.9. The number of benzene rings is 1. The van der Waals surface area contributed by atoms with Crippen LogP contribution in [0.2, 0.25) is 0 Å². The van der Waals surface area contributed by atoms with E-state index in [0.29, 0.717) is 11.5 Å². The van der Waals surface area contributed by atoms with Gasteiger partial charge < -0.3 is 19.9 Å². The van der Waals surface area contributed by atoms with Gasteiger partial charge in [0.05, 0.1) is 20.6 Å². The molecule has 0 saturated heterocycles. The fraction of sp³-hybridized carbons (Fsp3) is 0.500. The molecule has 2 N–H and O–H groups in total. The molecule has 0 fully saturated rings. The zero-order chi connectivity index (χ0) is 14.3. The van der Waals surface area contributed by atoms with Crippen molar-refractivity contribution in [3.63, 3.8) is 0 Å². The quantitative estimate of drug-likeness (QED) is 0.756. The summed E-state index contributed by atoms with van der Waals surface area (Å²) in [5.41, 5.74) is 0.883. The van der Waals surface area contributed by atoms with Crippen LogP contribution in [0.15, 0.2) is 18.2 Å². The third-order valence-corrected chi connectivity index (χ3v) is 2.83. The van der Waals surface area contributed by atoms with Crippen LogP contribution in [0.25, 0.3) is 0 Å². The SMILES string of the molecule is CCCNC(CC(=O)O)c1ccc(OC)c(OC)c1. The van der Waals surface area contributed by atoms with Gasteiger partial charge in [0.15, 0.2) is 11.5 Å². The monoisotopic (exact) mass is 267 g/mol. The summed E-state index contributed by atoms with van der Waals surface area (Å²) in [6.07, 6.45) is 0.985. The number of hydrogen-bond donors (Lipinski definition) is 2. The number of aliphatic carboxylic acids is 1. The molecule has 0 bridgehead atoms. The summed E-state index contributed by atoms with van der Waals surface area (Å²) in [6.45, 7) is 2.81. The third kappa shape index (κ3) is 4.44. The second-order valence-corrected chi connectivity index (χ2v) is 4.22. The van der Waals surface area contributed by atoms with Crippen LogP contribution < -0.4 is 14.8 Å². The number of hydrogen-bond acceptors (Lipinski definition) is 4. The van der Waals surface area contributed by atoms with Crippen LogP contribution in [0.3, 0.4) is 0 Å². The Morgan fingerprint density at radius 1 is 1.32 bits per heavy atom. The lowest BCUT2D eigenvalue weighted by atomic mass is 10.0. The van der Waals surface area contributed by atoms with Gasteiger partial charge in [0.1, 0.15) is 0 Å². The van der Waals surface area contributed by atoms with Crippen LogP contribution in [0.1, 0.15) is 31.4 Å². The molecule has 5 heteroatoms. The maximum absolute atomic E-state index is 10.9. The van der Waals surface area contributed by atoms with Gasteiger partial charge in [0, 0.05) is 6.04 Å². The van der Waals surface area contributed by atoms with Crippen LogP contribution in [0.5, 0.6) is 11.5 Å². The molecule has 0 amide bonds. The van der Waals surface area contributed by atoms with E-state index in [9.17, 15) is 4.79 Å². The van der Waals surface area contributed by atoms with Gasteiger partial charge in [0.25, 0.3) is 0 Å². The first-order valence-corrected chi connectivity index (χ1v) is 6.29. The molecule has 106 valence electrons. The fourth-order valence-electron chi connectivity index (χ4n) is 1.87. The number of nitrogens with one attached hydrogen (secondary N) is 1. The largest absolute Gasteiger partial charge is 0.493 e. The Hall–Kier alpha value is -1.75. The Labute approximate surface area is 113 Å². The highest BCUT2D eigenvalue weighted by atomic mass is 16.5. The summed E-state index contributed by atoms with van der Waals surface area (Å²) >= 11 is 0.